The van der Waals surface area contributed by atoms with Gasteiger partial charge in [-0.1, -0.05) is 80.9 Å². The topological polar surface area (TPSA) is 9.23 Å². The Balaban J connectivity index is 2.34. The van der Waals surface area contributed by atoms with Gasteiger partial charge < -0.3 is 4.12 Å². The molecule has 0 N–H and O–H groups in total. The molecule has 3 heteroatoms. The number of rotatable bonds is 6. The average molecular weight is 314 g/mol. The maximum absolute atomic E-state index is 6.80. The first-order valence-corrected chi connectivity index (χ1v) is 12.1. The van der Waals surface area contributed by atoms with Crippen molar-refractivity contribution in [3.05, 3.63) is 60.7 Å². The molecule has 0 fully saturated rings. The van der Waals surface area contributed by atoms with Crippen molar-refractivity contribution in [3.63, 3.8) is 0 Å². The molecule has 0 amide bonds. The highest BCUT2D eigenvalue weighted by Gasteiger charge is 2.34. The van der Waals surface area contributed by atoms with Crippen LogP contribution in [-0.2, 0) is 4.12 Å². The third kappa shape index (κ3) is 4.16. The summed E-state index contributed by atoms with van der Waals surface area (Å²) in [7, 11) is -2.84. The fraction of sp³-hybridized carbons (Fsp3) is 0.333. The van der Waals surface area contributed by atoms with E-state index in [-0.39, 0.29) is 0 Å². The number of hydrogen-bond donors (Lipinski definition) is 0. The summed E-state index contributed by atoms with van der Waals surface area (Å²) in [6.45, 7) is 9.32. The summed E-state index contributed by atoms with van der Waals surface area (Å²) in [5.74, 6) is 0. The van der Waals surface area contributed by atoms with Crippen LogP contribution in [0, 0.1) is 0 Å². The van der Waals surface area contributed by atoms with Crippen molar-refractivity contribution in [3.8, 4) is 0 Å². The van der Waals surface area contributed by atoms with E-state index in [9.17, 15) is 0 Å². The summed E-state index contributed by atoms with van der Waals surface area (Å²) >= 11 is 0. The molecule has 0 bridgehead atoms. The van der Waals surface area contributed by atoms with E-state index >= 15 is 0 Å². The highest BCUT2D eigenvalue weighted by molar-refractivity contribution is 6.89. The summed E-state index contributed by atoms with van der Waals surface area (Å²) in [5.41, 5.74) is 0.671. The Kier molecular flexibility index (Phi) is 5.56. The predicted molar refractivity (Wildman–Crippen MR) is 96.2 cm³/mol. The molecule has 2 aromatic rings. The molecule has 1 unspecified atom stereocenters. The second kappa shape index (κ2) is 7.20. The molecule has 2 aromatic carbocycles. The SMILES string of the molecule is CCC(C)[Si](C)(C)O[Si](c1ccccc1)c1ccccc1. The first-order chi connectivity index (χ1) is 10.0. The van der Waals surface area contributed by atoms with Crippen LogP contribution in [0.4, 0.5) is 0 Å². The number of benzene rings is 2. The van der Waals surface area contributed by atoms with Crippen molar-refractivity contribution in [2.24, 2.45) is 0 Å². The Hall–Kier alpha value is -1.17. The molecule has 21 heavy (non-hydrogen) atoms. The van der Waals surface area contributed by atoms with Gasteiger partial charge in [-0.2, -0.15) is 0 Å². The summed E-state index contributed by atoms with van der Waals surface area (Å²) in [4.78, 5) is 0. The molecule has 0 aliphatic heterocycles. The lowest BCUT2D eigenvalue weighted by molar-refractivity contribution is 0.552. The van der Waals surface area contributed by atoms with Gasteiger partial charge in [-0.05, 0) is 29.0 Å². The Morgan fingerprint density at radius 3 is 1.71 bits per heavy atom. The summed E-state index contributed by atoms with van der Waals surface area (Å²) < 4.78 is 6.80. The predicted octanol–water partition coefficient (Wildman–Crippen LogP) is 3.81. The van der Waals surface area contributed by atoms with Crippen molar-refractivity contribution in [2.45, 2.75) is 38.9 Å². The molecule has 1 nitrogen and oxygen atoms in total. The van der Waals surface area contributed by atoms with E-state index in [1.807, 2.05) is 0 Å². The van der Waals surface area contributed by atoms with E-state index in [0.29, 0.717) is 5.54 Å². The van der Waals surface area contributed by atoms with Crippen molar-refractivity contribution in [1.82, 2.24) is 0 Å². The highest BCUT2D eigenvalue weighted by atomic mass is 28.4. The Morgan fingerprint density at radius 2 is 1.33 bits per heavy atom. The van der Waals surface area contributed by atoms with Crippen LogP contribution in [0.15, 0.2) is 60.7 Å². The molecular weight excluding hydrogens is 288 g/mol. The van der Waals surface area contributed by atoms with E-state index < -0.39 is 17.4 Å². The first kappa shape index (κ1) is 16.2. The van der Waals surface area contributed by atoms with Gasteiger partial charge in [-0.3, -0.25) is 0 Å². The molecule has 0 aromatic heterocycles. The smallest absolute Gasteiger partial charge is 0.272 e. The Bertz CT molecular complexity index is 500. The van der Waals surface area contributed by atoms with Gasteiger partial charge in [0.2, 0.25) is 0 Å². The van der Waals surface area contributed by atoms with E-state index in [0.717, 1.165) is 0 Å². The van der Waals surface area contributed by atoms with Crippen molar-refractivity contribution < 1.29 is 4.12 Å². The van der Waals surface area contributed by atoms with Crippen LogP contribution >= 0.6 is 0 Å². The van der Waals surface area contributed by atoms with E-state index in [1.54, 1.807) is 0 Å². The van der Waals surface area contributed by atoms with Gasteiger partial charge in [0.1, 0.15) is 0 Å². The third-order valence-electron chi connectivity index (χ3n) is 4.24. The van der Waals surface area contributed by atoms with Gasteiger partial charge in [0.15, 0.2) is 8.32 Å². The maximum atomic E-state index is 6.80. The zero-order valence-electron chi connectivity index (χ0n) is 13.5. The normalized spacial score (nSPS) is 13.4. The number of hydrogen-bond acceptors (Lipinski definition) is 1. The zero-order chi connectivity index (χ0) is 15.3. The van der Waals surface area contributed by atoms with Gasteiger partial charge in [-0.25, -0.2) is 0 Å². The minimum atomic E-state index is -1.69. The van der Waals surface area contributed by atoms with Crippen LogP contribution in [0.25, 0.3) is 0 Å². The maximum Gasteiger partial charge on any atom is 0.272 e. The highest BCUT2D eigenvalue weighted by Crippen LogP contribution is 2.26. The van der Waals surface area contributed by atoms with Gasteiger partial charge in [-0.15, -0.1) is 0 Å². The minimum absolute atomic E-state index is 0.671. The monoisotopic (exact) mass is 313 g/mol. The molecular formula is C18H25OSi2. The zero-order valence-corrected chi connectivity index (χ0v) is 15.5. The summed E-state index contributed by atoms with van der Waals surface area (Å²) in [5, 5.41) is 2.69. The molecule has 0 aliphatic carbocycles. The van der Waals surface area contributed by atoms with Crippen LogP contribution in [-0.4, -0.2) is 17.4 Å². The van der Waals surface area contributed by atoms with E-state index in [4.69, 9.17) is 4.12 Å². The van der Waals surface area contributed by atoms with Crippen molar-refractivity contribution >= 4 is 27.7 Å². The standard InChI is InChI=1S/C18H25OSi2/c1-5-16(2)21(3,4)19-20(17-12-8-6-9-13-17)18-14-10-7-11-15-18/h6-16H,5H2,1-4H3. The molecule has 0 aliphatic rings. The van der Waals surface area contributed by atoms with Gasteiger partial charge in [0, 0.05) is 0 Å². The molecule has 1 radical (unpaired) electrons. The first-order valence-electron chi connectivity index (χ1n) is 7.71. The molecule has 0 saturated carbocycles. The van der Waals surface area contributed by atoms with Crippen LogP contribution in [0.1, 0.15) is 20.3 Å². The quantitative estimate of drug-likeness (QED) is 0.737. The summed E-state index contributed by atoms with van der Waals surface area (Å²) in [6, 6.07) is 21.5. The fourth-order valence-corrected chi connectivity index (χ4v) is 8.48. The second-order valence-electron chi connectivity index (χ2n) is 6.08. The third-order valence-corrected chi connectivity index (χ3v) is 11.7. The molecule has 111 valence electrons. The Labute approximate surface area is 131 Å². The molecule has 1 atom stereocenters. The lowest BCUT2D eigenvalue weighted by Crippen LogP contribution is -2.53. The van der Waals surface area contributed by atoms with Gasteiger partial charge in [0.05, 0.1) is 0 Å². The lowest BCUT2D eigenvalue weighted by atomic mass is 10.4. The van der Waals surface area contributed by atoms with E-state index in [1.165, 1.54) is 16.8 Å². The summed E-state index contributed by atoms with van der Waals surface area (Å²) in [6.07, 6.45) is 1.19. The molecule has 0 spiro atoms. The van der Waals surface area contributed by atoms with Crippen molar-refractivity contribution in [1.29, 1.82) is 0 Å². The fourth-order valence-electron chi connectivity index (χ4n) is 2.32. The van der Waals surface area contributed by atoms with Gasteiger partial charge >= 0.3 is 0 Å². The largest absolute Gasteiger partial charge is 0.449 e. The molecule has 0 heterocycles. The van der Waals surface area contributed by atoms with Crippen LogP contribution in [0.5, 0.6) is 0 Å². The van der Waals surface area contributed by atoms with Crippen molar-refractivity contribution in [2.75, 3.05) is 0 Å². The van der Waals surface area contributed by atoms with E-state index in [2.05, 4.69) is 87.6 Å². The second-order valence-corrected chi connectivity index (χ2v) is 12.9. The Morgan fingerprint density at radius 1 is 0.905 bits per heavy atom. The minimum Gasteiger partial charge on any atom is -0.449 e. The lowest BCUT2D eigenvalue weighted by Gasteiger charge is -2.33. The van der Waals surface area contributed by atoms with Gasteiger partial charge in [0.25, 0.3) is 9.04 Å². The van der Waals surface area contributed by atoms with Crippen LogP contribution in [0.2, 0.25) is 18.6 Å². The van der Waals surface area contributed by atoms with Crippen LogP contribution in [0.3, 0.4) is 0 Å². The molecule has 2 rings (SSSR count). The average Bonchev–Trinajstić information content (AvgIpc) is 2.53. The van der Waals surface area contributed by atoms with Crippen LogP contribution < -0.4 is 10.4 Å². The molecule has 0 saturated heterocycles.